The van der Waals surface area contributed by atoms with Crippen LogP contribution >= 0.6 is 11.3 Å². The highest BCUT2D eigenvalue weighted by Gasteiger charge is 2.28. The molecular formula is C23H26N4O4S2. The number of anilines is 1. The molecule has 1 N–H and O–H groups in total. The van der Waals surface area contributed by atoms with Crippen LogP contribution in [0.3, 0.4) is 0 Å². The van der Waals surface area contributed by atoms with Crippen LogP contribution in [0.1, 0.15) is 41.7 Å². The van der Waals surface area contributed by atoms with Gasteiger partial charge in [0.25, 0.3) is 5.91 Å². The second-order valence-electron chi connectivity index (χ2n) is 8.50. The number of thiophene rings is 1. The van der Waals surface area contributed by atoms with E-state index >= 15 is 0 Å². The van der Waals surface area contributed by atoms with Crippen LogP contribution in [0.5, 0.6) is 5.88 Å². The van der Waals surface area contributed by atoms with E-state index in [-0.39, 0.29) is 17.4 Å². The monoisotopic (exact) mass is 486 g/mol. The molecule has 1 aromatic carbocycles. The van der Waals surface area contributed by atoms with E-state index in [2.05, 4.69) is 15.3 Å². The van der Waals surface area contributed by atoms with Crippen molar-refractivity contribution in [2.24, 2.45) is 0 Å². The fourth-order valence-corrected chi connectivity index (χ4v) is 7.53. The van der Waals surface area contributed by atoms with E-state index in [1.807, 2.05) is 0 Å². The predicted octanol–water partition coefficient (Wildman–Crippen LogP) is 3.68. The first-order valence-electron chi connectivity index (χ1n) is 11.2. The van der Waals surface area contributed by atoms with Gasteiger partial charge in [-0.15, -0.1) is 11.3 Å². The molecule has 0 atom stereocenters. The van der Waals surface area contributed by atoms with Gasteiger partial charge in [0.1, 0.15) is 11.2 Å². The summed E-state index contributed by atoms with van der Waals surface area (Å²) in [6.07, 6.45) is 7.38. The Morgan fingerprint density at radius 3 is 2.79 bits per heavy atom. The summed E-state index contributed by atoms with van der Waals surface area (Å²) in [4.78, 5) is 23.6. The molecule has 0 unspecified atom stereocenters. The van der Waals surface area contributed by atoms with Gasteiger partial charge in [0, 0.05) is 23.7 Å². The molecule has 1 saturated heterocycles. The lowest BCUT2D eigenvalue weighted by Crippen LogP contribution is -2.36. The van der Waals surface area contributed by atoms with Crippen LogP contribution in [-0.2, 0) is 27.7 Å². The number of aromatic nitrogens is 2. The average Bonchev–Trinajstić information content (AvgIpc) is 3.41. The zero-order valence-electron chi connectivity index (χ0n) is 18.5. The number of fused-ring (bicyclic) bond motifs is 3. The third-order valence-electron chi connectivity index (χ3n) is 6.21. The molecule has 174 valence electrons. The summed E-state index contributed by atoms with van der Waals surface area (Å²) in [5.41, 5.74) is 2.32. The Balaban J connectivity index is 1.30. The highest BCUT2D eigenvalue weighted by molar-refractivity contribution is 7.89. The Kier molecular flexibility index (Phi) is 6.07. The zero-order chi connectivity index (χ0) is 23.0. The van der Waals surface area contributed by atoms with Crippen LogP contribution in [0.2, 0.25) is 0 Å². The topological polar surface area (TPSA) is 101 Å². The molecule has 1 fully saturated rings. The Bertz CT molecular complexity index is 1310. The highest BCUT2D eigenvalue weighted by Crippen LogP contribution is 2.39. The summed E-state index contributed by atoms with van der Waals surface area (Å²) >= 11 is 1.66. The van der Waals surface area contributed by atoms with Gasteiger partial charge in [-0.05, 0) is 62.3 Å². The van der Waals surface area contributed by atoms with Crippen LogP contribution < -0.4 is 10.1 Å². The van der Waals surface area contributed by atoms with Gasteiger partial charge in [-0.2, -0.15) is 4.31 Å². The van der Waals surface area contributed by atoms with Crippen molar-refractivity contribution in [2.75, 3.05) is 25.0 Å². The van der Waals surface area contributed by atoms with Crippen molar-refractivity contribution in [1.82, 2.24) is 14.3 Å². The van der Waals surface area contributed by atoms with Crippen LogP contribution in [-0.4, -0.2) is 48.3 Å². The molecule has 33 heavy (non-hydrogen) atoms. The van der Waals surface area contributed by atoms with Crippen molar-refractivity contribution < 1.29 is 17.9 Å². The summed E-state index contributed by atoms with van der Waals surface area (Å²) < 4.78 is 33.6. The fraction of sp³-hybridized carbons (Fsp3) is 0.435. The summed E-state index contributed by atoms with van der Waals surface area (Å²) in [7, 11) is -3.60. The van der Waals surface area contributed by atoms with Gasteiger partial charge in [0.15, 0.2) is 6.61 Å². The summed E-state index contributed by atoms with van der Waals surface area (Å²) in [6, 6.07) is 4.96. The molecule has 8 nitrogen and oxygen atoms in total. The molecule has 3 aromatic rings. The van der Waals surface area contributed by atoms with Crippen molar-refractivity contribution in [3.63, 3.8) is 0 Å². The quantitative estimate of drug-likeness (QED) is 0.570. The molecule has 2 aromatic heterocycles. The van der Waals surface area contributed by atoms with E-state index in [9.17, 15) is 13.2 Å². The first-order valence-corrected chi connectivity index (χ1v) is 13.5. The number of nitrogens with zero attached hydrogens (tertiary/aromatic N) is 3. The van der Waals surface area contributed by atoms with Gasteiger partial charge in [-0.3, -0.25) is 4.79 Å². The molecule has 10 heteroatoms. The minimum absolute atomic E-state index is 0.223. The maximum Gasteiger partial charge on any atom is 0.262 e. The maximum atomic E-state index is 13.1. The number of ether oxygens (including phenoxy) is 1. The third-order valence-corrected chi connectivity index (χ3v) is 9.45. The second-order valence-corrected chi connectivity index (χ2v) is 11.5. The predicted molar refractivity (Wildman–Crippen MR) is 127 cm³/mol. The lowest BCUT2D eigenvalue weighted by molar-refractivity contribution is -0.118. The summed E-state index contributed by atoms with van der Waals surface area (Å²) in [5, 5.41) is 3.67. The standard InChI is InChI=1S/C23H26N4O4S2/c1-15-8-9-16(12-19(15)33(29,30)27-10-3-2-4-11-27)26-20(28)13-31-22-21-17-6-5-7-18(17)32-23(21)25-14-24-22/h8-9,12,14H,2-7,10-11,13H2,1H3,(H,26,28). The van der Waals surface area contributed by atoms with Crippen molar-refractivity contribution in [3.05, 3.63) is 40.5 Å². The van der Waals surface area contributed by atoms with Crippen molar-refractivity contribution >= 4 is 43.2 Å². The Morgan fingerprint density at radius 1 is 1.15 bits per heavy atom. The van der Waals surface area contributed by atoms with E-state index in [4.69, 9.17) is 4.74 Å². The van der Waals surface area contributed by atoms with E-state index in [1.165, 1.54) is 27.1 Å². The molecule has 2 aliphatic rings. The normalized spacial score (nSPS) is 16.6. The third kappa shape index (κ3) is 4.34. The lowest BCUT2D eigenvalue weighted by Gasteiger charge is -2.26. The van der Waals surface area contributed by atoms with E-state index in [1.54, 1.807) is 30.4 Å². The van der Waals surface area contributed by atoms with Gasteiger partial charge in [-0.1, -0.05) is 12.5 Å². The van der Waals surface area contributed by atoms with Gasteiger partial charge in [0.05, 0.1) is 10.3 Å². The number of benzene rings is 1. The molecule has 0 radical (unpaired) electrons. The minimum atomic E-state index is -3.60. The minimum Gasteiger partial charge on any atom is -0.467 e. The molecule has 0 saturated carbocycles. The number of nitrogens with one attached hydrogen (secondary N) is 1. The number of piperidine rings is 1. The Morgan fingerprint density at radius 2 is 1.97 bits per heavy atom. The van der Waals surface area contributed by atoms with E-state index in [0.717, 1.165) is 48.7 Å². The van der Waals surface area contributed by atoms with Gasteiger partial charge >= 0.3 is 0 Å². The van der Waals surface area contributed by atoms with E-state index in [0.29, 0.717) is 30.2 Å². The number of sulfonamides is 1. The Hall–Kier alpha value is -2.56. The fourth-order valence-electron chi connectivity index (χ4n) is 4.54. The number of amides is 1. The largest absolute Gasteiger partial charge is 0.467 e. The van der Waals surface area contributed by atoms with Gasteiger partial charge < -0.3 is 10.1 Å². The number of carbonyl (C=O) groups excluding carboxylic acids is 1. The van der Waals surface area contributed by atoms with Crippen LogP contribution in [0.25, 0.3) is 10.2 Å². The number of hydrogen-bond donors (Lipinski definition) is 1. The first-order chi connectivity index (χ1) is 15.9. The number of carbonyl (C=O) groups is 1. The first kappa shape index (κ1) is 22.2. The smallest absolute Gasteiger partial charge is 0.262 e. The van der Waals surface area contributed by atoms with Crippen LogP contribution in [0, 0.1) is 6.92 Å². The maximum absolute atomic E-state index is 13.1. The second kappa shape index (κ2) is 9.00. The number of hydrogen-bond acceptors (Lipinski definition) is 7. The van der Waals surface area contributed by atoms with Crippen molar-refractivity contribution in [2.45, 2.75) is 50.3 Å². The molecule has 5 rings (SSSR count). The van der Waals surface area contributed by atoms with Gasteiger partial charge in [-0.25, -0.2) is 18.4 Å². The van der Waals surface area contributed by atoms with E-state index < -0.39 is 10.0 Å². The van der Waals surface area contributed by atoms with Gasteiger partial charge in [0.2, 0.25) is 15.9 Å². The Labute approximate surface area is 197 Å². The lowest BCUT2D eigenvalue weighted by atomic mass is 10.2. The summed E-state index contributed by atoms with van der Waals surface area (Å²) in [5.74, 6) is 0.0469. The number of aryl methyl sites for hydroxylation is 3. The highest BCUT2D eigenvalue weighted by atomic mass is 32.2. The molecule has 0 bridgehead atoms. The molecule has 0 spiro atoms. The average molecular weight is 487 g/mol. The SMILES string of the molecule is Cc1ccc(NC(=O)COc2ncnc3sc4c(c23)CCC4)cc1S(=O)(=O)N1CCCCC1. The number of rotatable bonds is 6. The zero-order valence-corrected chi connectivity index (χ0v) is 20.1. The molecular weight excluding hydrogens is 460 g/mol. The molecule has 1 aliphatic heterocycles. The summed E-state index contributed by atoms with van der Waals surface area (Å²) in [6.45, 7) is 2.61. The van der Waals surface area contributed by atoms with Crippen LogP contribution in [0.4, 0.5) is 5.69 Å². The molecule has 1 amide bonds. The van der Waals surface area contributed by atoms with Crippen molar-refractivity contribution in [3.8, 4) is 5.88 Å². The molecule has 1 aliphatic carbocycles. The molecule has 3 heterocycles. The van der Waals surface area contributed by atoms with Crippen molar-refractivity contribution in [1.29, 1.82) is 0 Å². The van der Waals surface area contributed by atoms with Crippen LogP contribution in [0.15, 0.2) is 29.4 Å².